The highest BCUT2D eigenvalue weighted by Crippen LogP contribution is 2.32. The fraction of sp³-hybridized carbons (Fsp3) is 0.208. The van der Waals surface area contributed by atoms with Crippen molar-refractivity contribution in [1.29, 1.82) is 0 Å². The fourth-order valence-electron chi connectivity index (χ4n) is 3.12. The monoisotopic (exact) mass is 344 g/mol. The molecule has 0 aliphatic heterocycles. The van der Waals surface area contributed by atoms with E-state index in [0.29, 0.717) is 11.7 Å². The molecule has 3 rings (SSSR count). The predicted octanol–water partition coefficient (Wildman–Crippen LogP) is 6.09. The Balaban J connectivity index is 1.89. The summed E-state index contributed by atoms with van der Waals surface area (Å²) in [7, 11) is 0. The quantitative estimate of drug-likeness (QED) is 0.399. The summed E-state index contributed by atoms with van der Waals surface area (Å²) in [5.74, 6) is 0.541. The highest BCUT2D eigenvalue weighted by molar-refractivity contribution is 5.83. The van der Waals surface area contributed by atoms with Gasteiger partial charge in [-0.15, -0.1) is 0 Å². The van der Waals surface area contributed by atoms with Crippen molar-refractivity contribution in [2.45, 2.75) is 26.2 Å². The Morgan fingerprint density at radius 2 is 1.38 bits per heavy atom. The van der Waals surface area contributed by atoms with Crippen LogP contribution in [0.15, 0.2) is 84.9 Å². The molecule has 2 nitrogen and oxygen atoms in total. The summed E-state index contributed by atoms with van der Waals surface area (Å²) < 4.78 is 5.88. The third-order valence-electron chi connectivity index (χ3n) is 4.38. The molecule has 3 aromatic rings. The van der Waals surface area contributed by atoms with E-state index in [2.05, 4.69) is 13.8 Å². The van der Waals surface area contributed by atoms with E-state index in [1.54, 1.807) is 0 Å². The maximum Gasteiger partial charge on any atom is 0.318 e. The van der Waals surface area contributed by atoms with Gasteiger partial charge in [-0.3, -0.25) is 4.79 Å². The lowest BCUT2D eigenvalue weighted by Gasteiger charge is -2.19. The van der Waals surface area contributed by atoms with Crippen molar-refractivity contribution < 1.29 is 9.53 Å². The van der Waals surface area contributed by atoms with E-state index in [9.17, 15) is 4.79 Å². The first-order valence-corrected chi connectivity index (χ1v) is 9.06. The summed E-state index contributed by atoms with van der Waals surface area (Å²) in [5.41, 5.74) is 2.97. The predicted molar refractivity (Wildman–Crippen MR) is 106 cm³/mol. The molecule has 0 aromatic heterocycles. The van der Waals surface area contributed by atoms with Crippen LogP contribution < -0.4 is 4.74 Å². The van der Waals surface area contributed by atoms with Crippen LogP contribution in [0.1, 0.15) is 31.7 Å². The Morgan fingerprint density at radius 3 is 2.04 bits per heavy atom. The van der Waals surface area contributed by atoms with Crippen molar-refractivity contribution in [3.05, 3.63) is 90.5 Å². The Morgan fingerprint density at radius 1 is 0.808 bits per heavy atom. The van der Waals surface area contributed by atoms with Gasteiger partial charge in [-0.1, -0.05) is 92.7 Å². The number of hydrogen-bond donors (Lipinski definition) is 0. The van der Waals surface area contributed by atoms with Crippen molar-refractivity contribution in [3.63, 3.8) is 0 Å². The molecule has 3 aromatic carbocycles. The molecule has 0 heterocycles. The molecule has 0 spiro atoms. The van der Waals surface area contributed by atoms with Gasteiger partial charge in [-0.05, 0) is 29.5 Å². The molecule has 0 fully saturated rings. The number of rotatable bonds is 6. The van der Waals surface area contributed by atoms with Gasteiger partial charge in [0.15, 0.2) is 0 Å². The SMILES string of the molecule is CC(C)C[C@@H](C(=O)Oc1ccccc1-c1ccccc1)c1ccccc1. The van der Waals surface area contributed by atoms with Crippen molar-refractivity contribution in [2.24, 2.45) is 5.92 Å². The second-order valence-corrected chi connectivity index (χ2v) is 6.88. The molecule has 1 atom stereocenters. The van der Waals surface area contributed by atoms with Gasteiger partial charge in [-0.25, -0.2) is 0 Å². The lowest BCUT2D eigenvalue weighted by atomic mass is 9.90. The number of hydrogen-bond acceptors (Lipinski definition) is 2. The van der Waals surface area contributed by atoms with Gasteiger partial charge in [0.05, 0.1) is 5.92 Å². The molecule has 0 amide bonds. The lowest BCUT2D eigenvalue weighted by molar-refractivity contribution is -0.136. The van der Waals surface area contributed by atoms with Gasteiger partial charge in [0.2, 0.25) is 0 Å². The van der Waals surface area contributed by atoms with Crippen LogP contribution in [-0.2, 0) is 4.79 Å². The van der Waals surface area contributed by atoms with E-state index in [1.165, 1.54) is 0 Å². The van der Waals surface area contributed by atoms with E-state index < -0.39 is 0 Å². The van der Waals surface area contributed by atoms with Crippen LogP contribution in [0, 0.1) is 5.92 Å². The third kappa shape index (κ3) is 4.40. The van der Waals surface area contributed by atoms with Gasteiger partial charge in [0, 0.05) is 5.56 Å². The number of carbonyl (C=O) groups excluding carboxylic acids is 1. The molecule has 26 heavy (non-hydrogen) atoms. The van der Waals surface area contributed by atoms with E-state index in [-0.39, 0.29) is 11.9 Å². The molecule has 0 saturated carbocycles. The van der Waals surface area contributed by atoms with E-state index in [0.717, 1.165) is 23.1 Å². The van der Waals surface area contributed by atoms with E-state index in [4.69, 9.17) is 4.74 Å². The summed E-state index contributed by atoms with van der Waals surface area (Å²) in [6, 6.07) is 27.6. The highest BCUT2D eigenvalue weighted by atomic mass is 16.5. The molecule has 0 N–H and O–H groups in total. The zero-order valence-corrected chi connectivity index (χ0v) is 15.3. The lowest BCUT2D eigenvalue weighted by Crippen LogP contribution is -2.20. The molecule has 0 bridgehead atoms. The van der Waals surface area contributed by atoms with Crippen molar-refractivity contribution in [3.8, 4) is 16.9 Å². The minimum atomic E-state index is -0.264. The molecule has 0 aliphatic rings. The molecule has 2 heteroatoms. The van der Waals surface area contributed by atoms with Crippen LogP contribution in [0.2, 0.25) is 0 Å². The standard InChI is InChI=1S/C24H24O2/c1-18(2)17-22(20-13-7-4-8-14-20)24(25)26-23-16-10-9-15-21(23)19-11-5-3-6-12-19/h3-16,18,22H,17H2,1-2H3/t22-/m1/s1. The molecule has 132 valence electrons. The Labute approximate surface area is 155 Å². The summed E-state index contributed by atoms with van der Waals surface area (Å²) in [6.07, 6.45) is 0.760. The Hall–Kier alpha value is -2.87. The van der Waals surface area contributed by atoms with Gasteiger partial charge in [-0.2, -0.15) is 0 Å². The highest BCUT2D eigenvalue weighted by Gasteiger charge is 2.24. The zero-order chi connectivity index (χ0) is 18.4. The Kier molecular flexibility index (Phi) is 5.85. The molecular weight excluding hydrogens is 320 g/mol. The summed E-state index contributed by atoms with van der Waals surface area (Å²) in [4.78, 5) is 13.0. The van der Waals surface area contributed by atoms with E-state index in [1.807, 2.05) is 84.9 Å². The Bertz CT molecular complexity index is 838. The normalized spacial score (nSPS) is 12.0. The zero-order valence-electron chi connectivity index (χ0n) is 15.3. The summed E-state index contributed by atoms with van der Waals surface area (Å²) in [6.45, 7) is 4.25. The largest absolute Gasteiger partial charge is 0.425 e. The molecule has 0 unspecified atom stereocenters. The molecule has 0 saturated heterocycles. The number of ether oxygens (including phenoxy) is 1. The second kappa shape index (κ2) is 8.48. The maximum atomic E-state index is 13.0. The first-order chi connectivity index (χ1) is 12.6. The summed E-state index contributed by atoms with van der Waals surface area (Å²) in [5, 5.41) is 0. The van der Waals surface area contributed by atoms with Gasteiger partial charge in [0.25, 0.3) is 0 Å². The van der Waals surface area contributed by atoms with Crippen molar-refractivity contribution >= 4 is 5.97 Å². The fourth-order valence-corrected chi connectivity index (χ4v) is 3.12. The number of benzene rings is 3. The van der Waals surface area contributed by atoms with Gasteiger partial charge >= 0.3 is 5.97 Å². The smallest absolute Gasteiger partial charge is 0.318 e. The van der Waals surface area contributed by atoms with Crippen LogP contribution >= 0.6 is 0 Å². The molecule has 0 aliphatic carbocycles. The van der Waals surface area contributed by atoms with Gasteiger partial charge in [0.1, 0.15) is 5.75 Å². The number of esters is 1. The average Bonchev–Trinajstić information content (AvgIpc) is 2.68. The third-order valence-corrected chi connectivity index (χ3v) is 4.38. The van der Waals surface area contributed by atoms with Crippen LogP contribution in [0.3, 0.4) is 0 Å². The first-order valence-electron chi connectivity index (χ1n) is 9.06. The minimum Gasteiger partial charge on any atom is -0.425 e. The molecule has 0 radical (unpaired) electrons. The van der Waals surface area contributed by atoms with Crippen LogP contribution in [-0.4, -0.2) is 5.97 Å². The average molecular weight is 344 g/mol. The minimum absolute atomic E-state index is 0.201. The van der Waals surface area contributed by atoms with Crippen LogP contribution in [0.4, 0.5) is 0 Å². The maximum absolute atomic E-state index is 13.0. The van der Waals surface area contributed by atoms with Crippen molar-refractivity contribution in [1.82, 2.24) is 0 Å². The van der Waals surface area contributed by atoms with Crippen molar-refractivity contribution in [2.75, 3.05) is 0 Å². The number of para-hydroxylation sites is 1. The summed E-state index contributed by atoms with van der Waals surface area (Å²) >= 11 is 0. The van der Waals surface area contributed by atoms with E-state index >= 15 is 0 Å². The van der Waals surface area contributed by atoms with Gasteiger partial charge < -0.3 is 4.74 Å². The number of carbonyl (C=O) groups is 1. The van der Waals surface area contributed by atoms with Crippen LogP contribution in [0.25, 0.3) is 11.1 Å². The topological polar surface area (TPSA) is 26.3 Å². The first kappa shape index (κ1) is 17.9. The molecular formula is C24H24O2. The second-order valence-electron chi connectivity index (χ2n) is 6.88. The van der Waals surface area contributed by atoms with Crippen LogP contribution in [0.5, 0.6) is 5.75 Å².